The summed E-state index contributed by atoms with van der Waals surface area (Å²) in [6, 6.07) is 13.6. The summed E-state index contributed by atoms with van der Waals surface area (Å²) in [5.41, 5.74) is 7.89. The number of hydrogen-bond donors (Lipinski definition) is 1. The molecule has 1 aliphatic rings. The second-order valence-corrected chi connectivity index (χ2v) is 5.29. The van der Waals surface area contributed by atoms with E-state index < -0.39 is 5.54 Å². The van der Waals surface area contributed by atoms with Gasteiger partial charge in [-0.1, -0.05) is 18.2 Å². The molecular formula is C17H19NO3. The summed E-state index contributed by atoms with van der Waals surface area (Å²) < 4.78 is 16.5. The summed E-state index contributed by atoms with van der Waals surface area (Å²) in [7, 11) is 1.65. The van der Waals surface area contributed by atoms with Crippen LogP contribution in [-0.2, 0) is 5.54 Å². The Morgan fingerprint density at radius 1 is 1.00 bits per heavy atom. The van der Waals surface area contributed by atoms with Crippen molar-refractivity contribution >= 4 is 0 Å². The van der Waals surface area contributed by atoms with Crippen molar-refractivity contribution in [2.75, 3.05) is 20.3 Å². The number of benzene rings is 2. The second-order valence-electron chi connectivity index (χ2n) is 5.29. The number of ether oxygens (including phenoxy) is 3. The Hall–Kier alpha value is -2.20. The molecule has 3 rings (SSSR count). The SMILES string of the molecule is COc1cccc(C(C)(N)c2ccc3c(c2)OCCO3)c1. The van der Waals surface area contributed by atoms with Gasteiger partial charge in [-0.15, -0.1) is 0 Å². The van der Waals surface area contributed by atoms with E-state index in [0.717, 1.165) is 28.4 Å². The average molecular weight is 285 g/mol. The van der Waals surface area contributed by atoms with Crippen LogP contribution in [0.25, 0.3) is 0 Å². The van der Waals surface area contributed by atoms with Gasteiger partial charge in [0.2, 0.25) is 0 Å². The molecule has 110 valence electrons. The highest BCUT2D eigenvalue weighted by Crippen LogP contribution is 2.36. The summed E-state index contributed by atoms with van der Waals surface area (Å²) in [4.78, 5) is 0. The fourth-order valence-electron chi connectivity index (χ4n) is 2.48. The summed E-state index contributed by atoms with van der Waals surface area (Å²) in [6.45, 7) is 3.13. The predicted octanol–water partition coefficient (Wildman–Crippen LogP) is 2.69. The fraction of sp³-hybridized carbons (Fsp3) is 0.294. The van der Waals surface area contributed by atoms with Crippen molar-refractivity contribution in [2.24, 2.45) is 5.73 Å². The molecule has 0 saturated carbocycles. The largest absolute Gasteiger partial charge is 0.497 e. The summed E-state index contributed by atoms with van der Waals surface area (Å²) >= 11 is 0. The molecule has 0 bridgehead atoms. The molecule has 0 aromatic heterocycles. The first-order valence-electron chi connectivity index (χ1n) is 6.95. The third-order valence-electron chi connectivity index (χ3n) is 3.81. The molecule has 0 saturated heterocycles. The number of hydrogen-bond acceptors (Lipinski definition) is 4. The maximum Gasteiger partial charge on any atom is 0.161 e. The van der Waals surface area contributed by atoms with Gasteiger partial charge in [-0.05, 0) is 42.3 Å². The van der Waals surface area contributed by atoms with Crippen molar-refractivity contribution in [3.8, 4) is 17.2 Å². The Morgan fingerprint density at radius 2 is 1.71 bits per heavy atom. The molecule has 2 aromatic carbocycles. The van der Waals surface area contributed by atoms with Crippen molar-refractivity contribution in [1.29, 1.82) is 0 Å². The van der Waals surface area contributed by atoms with Crippen LogP contribution in [-0.4, -0.2) is 20.3 Å². The second kappa shape index (κ2) is 5.30. The zero-order chi connectivity index (χ0) is 14.9. The minimum Gasteiger partial charge on any atom is -0.497 e. The van der Waals surface area contributed by atoms with Gasteiger partial charge in [0.15, 0.2) is 11.5 Å². The smallest absolute Gasteiger partial charge is 0.161 e. The first-order valence-corrected chi connectivity index (χ1v) is 6.95. The molecule has 0 aliphatic carbocycles. The first kappa shape index (κ1) is 13.8. The van der Waals surface area contributed by atoms with E-state index in [1.165, 1.54) is 0 Å². The lowest BCUT2D eigenvalue weighted by Crippen LogP contribution is -2.34. The third-order valence-corrected chi connectivity index (χ3v) is 3.81. The van der Waals surface area contributed by atoms with Crippen LogP contribution in [0.5, 0.6) is 17.2 Å². The zero-order valence-corrected chi connectivity index (χ0v) is 12.3. The highest BCUT2D eigenvalue weighted by Gasteiger charge is 2.26. The van der Waals surface area contributed by atoms with Crippen LogP contribution in [0.3, 0.4) is 0 Å². The quantitative estimate of drug-likeness (QED) is 0.942. The van der Waals surface area contributed by atoms with Crippen LogP contribution in [0.2, 0.25) is 0 Å². The van der Waals surface area contributed by atoms with Crippen molar-refractivity contribution in [3.05, 3.63) is 53.6 Å². The van der Waals surface area contributed by atoms with E-state index >= 15 is 0 Å². The molecule has 0 amide bonds. The van der Waals surface area contributed by atoms with E-state index in [2.05, 4.69) is 0 Å². The van der Waals surface area contributed by atoms with Gasteiger partial charge in [-0.2, -0.15) is 0 Å². The monoisotopic (exact) mass is 285 g/mol. The molecule has 1 heterocycles. The van der Waals surface area contributed by atoms with E-state index in [-0.39, 0.29) is 0 Å². The first-order chi connectivity index (χ1) is 10.1. The molecular weight excluding hydrogens is 266 g/mol. The number of methoxy groups -OCH3 is 1. The van der Waals surface area contributed by atoms with E-state index in [4.69, 9.17) is 19.9 Å². The lowest BCUT2D eigenvalue weighted by atomic mass is 9.85. The van der Waals surface area contributed by atoms with E-state index in [9.17, 15) is 0 Å². The van der Waals surface area contributed by atoms with Gasteiger partial charge in [-0.3, -0.25) is 0 Å². The molecule has 0 fully saturated rings. The molecule has 21 heavy (non-hydrogen) atoms. The Labute approximate surface area is 124 Å². The van der Waals surface area contributed by atoms with Gasteiger partial charge >= 0.3 is 0 Å². The lowest BCUT2D eigenvalue weighted by molar-refractivity contribution is 0.171. The van der Waals surface area contributed by atoms with Crippen LogP contribution in [0.1, 0.15) is 18.1 Å². The molecule has 0 radical (unpaired) electrons. The molecule has 1 atom stereocenters. The standard InChI is InChI=1S/C17H19NO3/c1-17(18,12-4-3-5-14(10-12)19-2)13-6-7-15-16(11-13)21-9-8-20-15/h3-7,10-11H,8-9,18H2,1-2H3. The maximum atomic E-state index is 6.56. The molecule has 4 heteroatoms. The third kappa shape index (κ3) is 2.54. The van der Waals surface area contributed by atoms with Gasteiger partial charge in [0.25, 0.3) is 0 Å². The van der Waals surface area contributed by atoms with Crippen molar-refractivity contribution in [3.63, 3.8) is 0 Å². The van der Waals surface area contributed by atoms with Crippen LogP contribution in [0.4, 0.5) is 0 Å². The molecule has 2 N–H and O–H groups in total. The molecule has 1 aliphatic heterocycles. The lowest BCUT2D eigenvalue weighted by Gasteiger charge is -2.28. The number of nitrogens with two attached hydrogens (primary N) is 1. The van der Waals surface area contributed by atoms with Crippen LogP contribution in [0.15, 0.2) is 42.5 Å². The average Bonchev–Trinajstić information content (AvgIpc) is 2.54. The minimum atomic E-state index is -0.635. The van der Waals surface area contributed by atoms with Crippen LogP contribution >= 0.6 is 0 Å². The van der Waals surface area contributed by atoms with Gasteiger partial charge in [0.1, 0.15) is 19.0 Å². The van der Waals surface area contributed by atoms with E-state index in [0.29, 0.717) is 13.2 Å². The Bertz CT molecular complexity index is 652. The molecule has 1 unspecified atom stereocenters. The fourth-order valence-corrected chi connectivity index (χ4v) is 2.48. The molecule has 0 spiro atoms. The Kier molecular flexibility index (Phi) is 3.47. The Morgan fingerprint density at radius 3 is 2.48 bits per heavy atom. The number of fused-ring (bicyclic) bond motifs is 1. The van der Waals surface area contributed by atoms with Crippen LogP contribution < -0.4 is 19.9 Å². The predicted molar refractivity (Wildman–Crippen MR) is 81.1 cm³/mol. The van der Waals surface area contributed by atoms with Gasteiger partial charge < -0.3 is 19.9 Å². The summed E-state index contributed by atoms with van der Waals surface area (Å²) in [6.07, 6.45) is 0. The van der Waals surface area contributed by atoms with Crippen molar-refractivity contribution in [2.45, 2.75) is 12.5 Å². The number of rotatable bonds is 3. The van der Waals surface area contributed by atoms with Crippen molar-refractivity contribution < 1.29 is 14.2 Å². The highest BCUT2D eigenvalue weighted by atomic mass is 16.6. The summed E-state index contributed by atoms with van der Waals surface area (Å²) in [5, 5.41) is 0. The van der Waals surface area contributed by atoms with Gasteiger partial charge in [0, 0.05) is 0 Å². The molecule has 2 aromatic rings. The Balaban J connectivity index is 2.00. The highest BCUT2D eigenvalue weighted by molar-refractivity contribution is 5.49. The van der Waals surface area contributed by atoms with Gasteiger partial charge in [0.05, 0.1) is 12.6 Å². The molecule has 4 nitrogen and oxygen atoms in total. The van der Waals surface area contributed by atoms with Gasteiger partial charge in [-0.25, -0.2) is 0 Å². The maximum absolute atomic E-state index is 6.56. The van der Waals surface area contributed by atoms with Crippen LogP contribution in [0, 0.1) is 0 Å². The normalized spacial score (nSPS) is 16.1. The summed E-state index contributed by atoms with van der Waals surface area (Å²) in [5.74, 6) is 2.31. The van der Waals surface area contributed by atoms with E-state index in [1.54, 1.807) is 7.11 Å². The minimum absolute atomic E-state index is 0.566. The van der Waals surface area contributed by atoms with E-state index in [1.807, 2.05) is 49.4 Å². The zero-order valence-electron chi connectivity index (χ0n) is 12.3. The topological polar surface area (TPSA) is 53.7 Å². The van der Waals surface area contributed by atoms with Crippen molar-refractivity contribution in [1.82, 2.24) is 0 Å².